The molecule has 1 aromatic rings. The lowest BCUT2D eigenvalue weighted by Crippen LogP contribution is -2.29. The van der Waals surface area contributed by atoms with Crippen molar-refractivity contribution in [3.63, 3.8) is 0 Å². The summed E-state index contributed by atoms with van der Waals surface area (Å²) in [5.74, 6) is -0.262. The van der Waals surface area contributed by atoms with Crippen LogP contribution in [0, 0.1) is 11.2 Å². The number of hydrogen-bond donors (Lipinski definition) is 1. The van der Waals surface area contributed by atoms with Crippen LogP contribution in [0.4, 0.5) is 15.8 Å². The molecule has 0 amide bonds. The molecule has 0 unspecified atom stereocenters. The molecule has 1 aromatic carbocycles. The molecule has 0 aliphatic carbocycles. The molecule has 84 valence electrons. The first-order valence-electron chi connectivity index (χ1n) is 5.06. The topological polar surface area (TPSA) is 29.3 Å². The number of nitrogens with two attached hydrogens (primary N) is 1. The Labute approximate surface area is 90.9 Å². The van der Waals surface area contributed by atoms with E-state index in [4.69, 9.17) is 5.73 Å². The van der Waals surface area contributed by atoms with E-state index in [-0.39, 0.29) is 11.2 Å². The van der Waals surface area contributed by atoms with Crippen LogP contribution >= 0.6 is 0 Å². The van der Waals surface area contributed by atoms with Crippen LogP contribution < -0.4 is 10.6 Å². The van der Waals surface area contributed by atoms with Crippen LogP contribution in [0.15, 0.2) is 18.2 Å². The Bertz CT molecular complexity index is 342. The maximum atomic E-state index is 13.6. The van der Waals surface area contributed by atoms with E-state index in [1.165, 1.54) is 6.07 Å². The van der Waals surface area contributed by atoms with E-state index in [2.05, 4.69) is 20.8 Å². The van der Waals surface area contributed by atoms with Gasteiger partial charge in [-0.05, 0) is 23.6 Å². The minimum Gasteiger partial charge on any atom is -0.399 e. The fourth-order valence-electron chi connectivity index (χ4n) is 1.63. The summed E-state index contributed by atoms with van der Waals surface area (Å²) in [5.41, 5.74) is 6.69. The molecule has 15 heavy (non-hydrogen) atoms. The van der Waals surface area contributed by atoms with Gasteiger partial charge in [-0.25, -0.2) is 4.39 Å². The Morgan fingerprint density at radius 3 is 2.40 bits per heavy atom. The molecule has 0 atom stereocenters. The van der Waals surface area contributed by atoms with Gasteiger partial charge < -0.3 is 10.6 Å². The molecule has 0 heterocycles. The Balaban J connectivity index is 2.87. The second kappa shape index (κ2) is 4.09. The van der Waals surface area contributed by atoms with Crippen molar-refractivity contribution in [2.75, 3.05) is 24.2 Å². The molecule has 0 aliphatic rings. The van der Waals surface area contributed by atoms with Crippen LogP contribution in [-0.4, -0.2) is 13.6 Å². The molecular weight excluding hydrogens is 191 g/mol. The van der Waals surface area contributed by atoms with E-state index in [1.54, 1.807) is 12.1 Å². The van der Waals surface area contributed by atoms with Gasteiger partial charge in [0.15, 0.2) is 0 Å². The Hall–Kier alpha value is -1.25. The fraction of sp³-hybridized carbons (Fsp3) is 0.500. The number of halogens is 1. The van der Waals surface area contributed by atoms with E-state index in [0.29, 0.717) is 11.4 Å². The summed E-state index contributed by atoms with van der Waals surface area (Å²) in [5, 5.41) is 0. The van der Waals surface area contributed by atoms with Crippen LogP contribution in [0.1, 0.15) is 20.8 Å². The number of anilines is 2. The van der Waals surface area contributed by atoms with Gasteiger partial charge in [-0.15, -0.1) is 0 Å². The number of nitrogens with zero attached hydrogens (tertiary/aromatic N) is 1. The summed E-state index contributed by atoms with van der Waals surface area (Å²) in [6, 6.07) is 4.79. The lowest BCUT2D eigenvalue weighted by molar-refractivity contribution is 0.417. The van der Waals surface area contributed by atoms with Gasteiger partial charge in [0.05, 0.1) is 5.69 Å². The van der Waals surface area contributed by atoms with Crippen molar-refractivity contribution < 1.29 is 4.39 Å². The molecule has 0 bridgehead atoms. The lowest BCUT2D eigenvalue weighted by atomic mass is 9.96. The van der Waals surface area contributed by atoms with Gasteiger partial charge in [-0.3, -0.25) is 0 Å². The Kier molecular flexibility index (Phi) is 3.22. The minimum atomic E-state index is -0.262. The molecule has 3 heteroatoms. The second-order valence-electron chi connectivity index (χ2n) is 5.13. The minimum absolute atomic E-state index is 0.141. The van der Waals surface area contributed by atoms with E-state index in [1.807, 2.05) is 11.9 Å². The number of hydrogen-bond acceptors (Lipinski definition) is 2. The first-order valence-corrected chi connectivity index (χ1v) is 5.06. The summed E-state index contributed by atoms with van der Waals surface area (Å²) in [6.07, 6.45) is 0. The van der Waals surface area contributed by atoms with Gasteiger partial charge in [-0.2, -0.15) is 0 Å². The molecule has 0 radical (unpaired) electrons. The highest BCUT2D eigenvalue weighted by Gasteiger charge is 2.16. The SMILES string of the molecule is CN(CC(C)(C)C)c1ccc(N)cc1F. The van der Waals surface area contributed by atoms with Gasteiger partial charge in [0.25, 0.3) is 0 Å². The highest BCUT2D eigenvalue weighted by molar-refractivity contribution is 5.54. The third-order valence-electron chi connectivity index (χ3n) is 2.09. The first-order chi connectivity index (χ1) is 6.79. The predicted molar refractivity (Wildman–Crippen MR) is 63.5 cm³/mol. The van der Waals surface area contributed by atoms with Crippen LogP contribution in [-0.2, 0) is 0 Å². The van der Waals surface area contributed by atoms with Crippen LogP contribution in [0.2, 0.25) is 0 Å². The van der Waals surface area contributed by atoms with E-state index in [9.17, 15) is 4.39 Å². The van der Waals surface area contributed by atoms with Crippen LogP contribution in [0.25, 0.3) is 0 Å². The zero-order valence-corrected chi connectivity index (χ0v) is 9.84. The third kappa shape index (κ3) is 3.42. The zero-order chi connectivity index (χ0) is 11.6. The molecule has 0 aliphatic heterocycles. The largest absolute Gasteiger partial charge is 0.399 e. The van der Waals surface area contributed by atoms with Crippen LogP contribution in [0.3, 0.4) is 0 Å². The monoisotopic (exact) mass is 210 g/mol. The first kappa shape index (κ1) is 11.8. The number of benzene rings is 1. The van der Waals surface area contributed by atoms with E-state index >= 15 is 0 Å². The average Bonchev–Trinajstić information content (AvgIpc) is 1.99. The zero-order valence-electron chi connectivity index (χ0n) is 9.84. The van der Waals surface area contributed by atoms with Gasteiger partial charge in [0.1, 0.15) is 5.82 Å². The molecule has 1 rings (SSSR count). The number of nitrogen functional groups attached to an aromatic ring is 1. The number of rotatable bonds is 2. The standard InChI is InChI=1S/C12H19FN2/c1-12(2,3)8-15(4)11-6-5-9(14)7-10(11)13/h5-7H,8,14H2,1-4H3. The summed E-state index contributed by atoms with van der Waals surface area (Å²) in [4.78, 5) is 1.91. The highest BCUT2D eigenvalue weighted by Crippen LogP contribution is 2.24. The maximum absolute atomic E-state index is 13.6. The molecule has 0 saturated carbocycles. The van der Waals surface area contributed by atoms with Crippen molar-refractivity contribution in [2.24, 2.45) is 5.41 Å². The van der Waals surface area contributed by atoms with E-state index < -0.39 is 0 Å². The summed E-state index contributed by atoms with van der Waals surface area (Å²) < 4.78 is 13.6. The third-order valence-corrected chi connectivity index (χ3v) is 2.09. The van der Waals surface area contributed by atoms with Crippen molar-refractivity contribution in [2.45, 2.75) is 20.8 Å². The molecule has 0 aromatic heterocycles. The van der Waals surface area contributed by atoms with Gasteiger partial charge in [0, 0.05) is 19.3 Å². The molecular formula is C12H19FN2. The Morgan fingerprint density at radius 1 is 1.33 bits per heavy atom. The van der Waals surface area contributed by atoms with Crippen molar-refractivity contribution in [3.8, 4) is 0 Å². The second-order valence-corrected chi connectivity index (χ2v) is 5.13. The molecule has 0 fully saturated rings. The summed E-state index contributed by atoms with van der Waals surface area (Å²) in [6.45, 7) is 7.17. The molecule has 2 N–H and O–H groups in total. The molecule has 2 nitrogen and oxygen atoms in total. The summed E-state index contributed by atoms with van der Waals surface area (Å²) >= 11 is 0. The quantitative estimate of drug-likeness (QED) is 0.760. The Morgan fingerprint density at radius 2 is 1.93 bits per heavy atom. The van der Waals surface area contributed by atoms with E-state index in [0.717, 1.165) is 6.54 Å². The van der Waals surface area contributed by atoms with Crippen molar-refractivity contribution in [3.05, 3.63) is 24.0 Å². The predicted octanol–water partition coefficient (Wildman–Crippen LogP) is 2.89. The van der Waals surface area contributed by atoms with Gasteiger partial charge in [0.2, 0.25) is 0 Å². The van der Waals surface area contributed by atoms with Crippen molar-refractivity contribution in [1.82, 2.24) is 0 Å². The summed E-state index contributed by atoms with van der Waals surface area (Å²) in [7, 11) is 1.89. The smallest absolute Gasteiger partial charge is 0.148 e. The molecule has 0 spiro atoms. The van der Waals surface area contributed by atoms with Gasteiger partial charge >= 0.3 is 0 Å². The fourth-order valence-corrected chi connectivity index (χ4v) is 1.63. The normalized spacial score (nSPS) is 11.5. The molecule has 0 saturated heterocycles. The highest BCUT2D eigenvalue weighted by atomic mass is 19.1. The van der Waals surface area contributed by atoms with Gasteiger partial charge in [-0.1, -0.05) is 20.8 Å². The van der Waals surface area contributed by atoms with Crippen molar-refractivity contribution in [1.29, 1.82) is 0 Å². The lowest BCUT2D eigenvalue weighted by Gasteiger charge is -2.28. The van der Waals surface area contributed by atoms with Crippen molar-refractivity contribution >= 4 is 11.4 Å². The average molecular weight is 210 g/mol. The maximum Gasteiger partial charge on any atom is 0.148 e. The van der Waals surface area contributed by atoms with Crippen LogP contribution in [0.5, 0.6) is 0 Å².